The van der Waals surface area contributed by atoms with E-state index in [1.54, 1.807) is 5.32 Å². The Balaban J connectivity index is 2.98. The topological polar surface area (TPSA) is 75.6 Å². The maximum atomic E-state index is 12.9. The number of rotatable bonds is 5. The summed E-state index contributed by atoms with van der Waals surface area (Å²) >= 11 is 0. The van der Waals surface area contributed by atoms with Crippen molar-refractivity contribution in [3.05, 3.63) is 29.8 Å². The average molecular weight is 373 g/mol. The van der Waals surface area contributed by atoms with Crippen molar-refractivity contribution in [3.63, 3.8) is 0 Å². The van der Waals surface area contributed by atoms with E-state index in [-0.39, 0.29) is 0 Å². The van der Waals surface area contributed by atoms with E-state index in [9.17, 15) is 41.0 Å². The molecule has 0 fully saturated rings. The summed E-state index contributed by atoms with van der Waals surface area (Å²) in [7, 11) is 0. The number of hydrogen-bond donors (Lipinski definition) is 2. The van der Waals surface area contributed by atoms with E-state index in [1.807, 2.05) is 0 Å². The number of ether oxygens (including phenoxy) is 1. The van der Waals surface area contributed by atoms with Gasteiger partial charge in [0.2, 0.25) is 5.91 Å². The Bertz CT molecular complexity index is 643. The molecule has 11 heteroatoms. The quantitative estimate of drug-likeness (QED) is 0.615. The minimum Gasteiger partial charge on any atom is -0.464 e. The van der Waals surface area contributed by atoms with Gasteiger partial charge in [-0.3, -0.25) is 4.79 Å². The van der Waals surface area contributed by atoms with Crippen molar-refractivity contribution in [2.75, 3.05) is 11.9 Å². The Morgan fingerprint density at radius 2 is 1.76 bits per heavy atom. The second-order valence-corrected chi connectivity index (χ2v) is 4.88. The van der Waals surface area contributed by atoms with Crippen molar-refractivity contribution in [3.8, 4) is 0 Å². The number of carbonyl (C=O) groups excluding carboxylic acids is 2. The molecule has 2 N–H and O–H groups in total. The van der Waals surface area contributed by atoms with E-state index in [0.29, 0.717) is 12.1 Å². The number of hydrogen-bond acceptors (Lipinski definition) is 4. The number of amides is 1. The number of alkyl halides is 6. The van der Waals surface area contributed by atoms with Crippen molar-refractivity contribution in [1.82, 2.24) is 0 Å². The minimum atomic E-state index is -5.52. The largest absolute Gasteiger partial charge is 0.464 e. The Labute approximate surface area is 137 Å². The molecule has 0 spiro atoms. The van der Waals surface area contributed by atoms with Gasteiger partial charge in [-0.15, -0.1) is 0 Å². The Morgan fingerprint density at radius 1 is 1.16 bits per heavy atom. The summed E-state index contributed by atoms with van der Waals surface area (Å²) in [5.41, 5.74) is -5.70. The fourth-order valence-corrected chi connectivity index (χ4v) is 1.75. The number of esters is 1. The van der Waals surface area contributed by atoms with Crippen LogP contribution >= 0.6 is 0 Å². The van der Waals surface area contributed by atoms with Crippen LogP contribution in [0.5, 0.6) is 0 Å². The molecule has 25 heavy (non-hydrogen) atoms. The maximum Gasteiger partial charge on any atom is 0.428 e. The van der Waals surface area contributed by atoms with Gasteiger partial charge in [0.25, 0.3) is 5.60 Å². The lowest BCUT2D eigenvalue weighted by molar-refractivity contribution is -0.262. The molecule has 0 unspecified atom stereocenters. The molecular formula is C14H13F6NO4. The highest BCUT2D eigenvalue weighted by Gasteiger charge is 2.61. The van der Waals surface area contributed by atoms with Gasteiger partial charge >= 0.3 is 18.3 Å². The summed E-state index contributed by atoms with van der Waals surface area (Å²) in [6, 6.07) is 3.12. The maximum absolute atomic E-state index is 12.9. The highest BCUT2D eigenvalue weighted by Crippen LogP contribution is 2.35. The Hall–Kier alpha value is -2.30. The van der Waals surface area contributed by atoms with Crippen LogP contribution in [0.25, 0.3) is 0 Å². The first-order valence-corrected chi connectivity index (χ1v) is 6.74. The first kappa shape index (κ1) is 20.7. The number of halogens is 6. The predicted octanol–water partition coefficient (Wildman–Crippen LogP) is 2.89. The predicted molar refractivity (Wildman–Crippen MR) is 72.3 cm³/mol. The third-order valence-electron chi connectivity index (χ3n) is 2.97. The molecule has 5 nitrogen and oxygen atoms in total. The summed E-state index contributed by atoms with van der Waals surface area (Å²) in [6.07, 6.45) is -12.0. The molecule has 0 aliphatic carbocycles. The van der Waals surface area contributed by atoms with Gasteiger partial charge in [0, 0.05) is 5.69 Å². The summed E-state index contributed by atoms with van der Waals surface area (Å²) in [4.78, 5) is 23.0. The standard InChI is InChI=1S/C14H13F6NO4/c1-2-25-11(23)12(24,14(18,19)20)7-10(22)21-9-5-3-4-8(6-9)13(15,16)17/h3-6,24H,2,7H2,1H3,(H,21,22)/t12-/m1/s1. The first-order chi connectivity index (χ1) is 11.3. The number of benzene rings is 1. The molecular weight excluding hydrogens is 360 g/mol. The molecule has 0 bridgehead atoms. The molecule has 0 radical (unpaired) electrons. The minimum absolute atomic E-state index is 0.451. The fourth-order valence-electron chi connectivity index (χ4n) is 1.75. The molecule has 1 amide bonds. The van der Waals surface area contributed by atoms with Gasteiger partial charge in [-0.2, -0.15) is 26.3 Å². The van der Waals surface area contributed by atoms with E-state index < -0.39 is 54.1 Å². The number of anilines is 1. The van der Waals surface area contributed by atoms with Crippen LogP contribution in [-0.2, 0) is 20.5 Å². The third kappa shape index (κ3) is 5.08. The molecule has 1 aromatic rings. The molecule has 0 aromatic heterocycles. The average Bonchev–Trinajstić information content (AvgIpc) is 2.45. The van der Waals surface area contributed by atoms with E-state index in [4.69, 9.17) is 0 Å². The summed E-state index contributed by atoms with van der Waals surface area (Å²) < 4.78 is 80.5. The summed E-state index contributed by atoms with van der Waals surface area (Å²) in [5, 5.41) is 11.3. The van der Waals surface area contributed by atoms with Crippen LogP contribution < -0.4 is 5.32 Å². The Morgan fingerprint density at radius 3 is 2.24 bits per heavy atom. The highest BCUT2D eigenvalue weighted by atomic mass is 19.4. The second-order valence-electron chi connectivity index (χ2n) is 4.88. The lowest BCUT2D eigenvalue weighted by atomic mass is 9.98. The van der Waals surface area contributed by atoms with Crippen LogP contribution in [0.15, 0.2) is 24.3 Å². The monoisotopic (exact) mass is 373 g/mol. The van der Waals surface area contributed by atoms with Gasteiger partial charge < -0.3 is 15.2 Å². The van der Waals surface area contributed by atoms with Crippen molar-refractivity contribution in [2.45, 2.75) is 31.3 Å². The van der Waals surface area contributed by atoms with Gasteiger partial charge in [0.1, 0.15) is 0 Å². The first-order valence-electron chi connectivity index (χ1n) is 6.74. The van der Waals surface area contributed by atoms with Gasteiger partial charge in [-0.05, 0) is 25.1 Å². The molecule has 0 heterocycles. The van der Waals surface area contributed by atoms with E-state index in [1.165, 1.54) is 6.92 Å². The van der Waals surface area contributed by atoms with Crippen LogP contribution in [0, 0.1) is 0 Å². The molecule has 1 atom stereocenters. The van der Waals surface area contributed by atoms with Gasteiger partial charge in [-0.25, -0.2) is 4.79 Å². The number of nitrogens with one attached hydrogen (secondary N) is 1. The van der Waals surface area contributed by atoms with E-state index >= 15 is 0 Å². The van der Waals surface area contributed by atoms with Crippen LogP contribution in [0.3, 0.4) is 0 Å². The van der Waals surface area contributed by atoms with Crippen molar-refractivity contribution < 1.29 is 45.8 Å². The second kappa shape index (κ2) is 7.30. The van der Waals surface area contributed by atoms with Crippen molar-refractivity contribution in [1.29, 1.82) is 0 Å². The summed E-state index contributed by atoms with van der Waals surface area (Å²) in [6.45, 7) is 0.712. The number of aliphatic hydroxyl groups is 1. The van der Waals surface area contributed by atoms with Crippen molar-refractivity contribution >= 4 is 17.6 Å². The molecule has 0 aliphatic heterocycles. The van der Waals surface area contributed by atoms with E-state index in [2.05, 4.69) is 4.74 Å². The summed E-state index contributed by atoms with van der Waals surface area (Å²) in [5.74, 6) is -3.60. The normalized spacial score (nSPS) is 14.6. The number of carbonyl (C=O) groups is 2. The zero-order valence-corrected chi connectivity index (χ0v) is 12.7. The molecule has 0 saturated heterocycles. The third-order valence-corrected chi connectivity index (χ3v) is 2.97. The van der Waals surface area contributed by atoms with Gasteiger partial charge in [0.05, 0.1) is 18.6 Å². The van der Waals surface area contributed by atoms with Crippen molar-refractivity contribution in [2.24, 2.45) is 0 Å². The molecule has 1 aromatic carbocycles. The highest BCUT2D eigenvalue weighted by molar-refractivity contribution is 5.96. The molecule has 140 valence electrons. The Kier molecular flexibility index (Phi) is 6.05. The zero-order valence-electron chi connectivity index (χ0n) is 12.7. The lowest BCUT2D eigenvalue weighted by Gasteiger charge is -2.27. The lowest BCUT2D eigenvalue weighted by Crippen LogP contribution is -2.54. The zero-order chi connectivity index (χ0) is 19.5. The smallest absolute Gasteiger partial charge is 0.428 e. The van der Waals surface area contributed by atoms with E-state index in [0.717, 1.165) is 12.1 Å². The van der Waals surface area contributed by atoms with Crippen LogP contribution in [0.4, 0.5) is 32.0 Å². The molecule has 0 saturated carbocycles. The fraction of sp³-hybridized carbons (Fsp3) is 0.429. The molecule has 0 aliphatic rings. The van der Waals surface area contributed by atoms with Gasteiger partial charge in [0.15, 0.2) is 0 Å². The SMILES string of the molecule is CCOC(=O)[C@](O)(CC(=O)Nc1cccc(C(F)(F)F)c1)C(F)(F)F. The van der Waals surface area contributed by atoms with Crippen LogP contribution in [0.2, 0.25) is 0 Å². The van der Waals surface area contributed by atoms with Crippen LogP contribution in [0.1, 0.15) is 18.9 Å². The van der Waals surface area contributed by atoms with Gasteiger partial charge in [-0.1, -0.05) is 6.07 Å². The van der Waals surface area contributed by atoms with Crippen LogP contribution in [-0.4, -0.2) is 35.4 Å². The molecule has 1 rings (SSSR count).